The molecule has 2 aromatic rings. The number of nitrogens with one attached hydrogen (secondary N) is 3. The molecule has 0 aliphatic rings. The number of rotatable bonds is 6. The van der Waals surface area contributed by atoms with Crippen LogP contribution in [0, 0.1) is 10.1 Å². The van der Waals surface area contributed by atoms with Crippen LogP contribution in [0.3, 0.4) is 0 Å². The van der Waals surface area contributed by atoms with E-state index in [9.17, 15) is 19.7 Å². The first-order chi connectivity index (χ1) is 13.8. The predicted octanol–water partition coefficient (Wildman–Crippen LogP) is 2.08. The highest BCUT2D eigenvalue weighted by atomic mass is 79.9. The van der Waals surface area contributed by atoms with Gasteiger partial charge < -0.3 is 9.47 Å². The van der Waals surface area contributed by atoms with Gasteiger partial charge in [0.05, 0.1) is 16.5 Å². The minimum absolute atomic E-state index is 0.0909. The quantitative estimate of drug-likeness (QED) is 0.323. The van der Waals surface area contributed by atoms with E-state index in [2.05, 4.69) is 32.1 Å². The maximum atomic E-state index is 12.1. The third kappa shape index (κ3) is 6.69. The summed E-state index contributed by atoms with van der Waals surface area (Å²) in [5.41, 5.74) is 4.99. The molecular formula is C17H15BrN4O6S. The molecule has 0 aliphatic heterocycles. The third-order valence-electron chi connectivity index (χ3n) is 3.37. The summed E-state index contributed by atoms with van der Waals surface area (Å²) in [6, 6.07) is 9.99. The molecule has 2 amide bonds. The van der Waals surface area contributed by atoms with E-state index in [0.29, 0.717) is 15.8 Å². The largest absolute Gasteiger partial charge is 0.496 e. The first kappa shape index (κ1) is 22.0. The molecule has 152 valence electrons. The summed E-state index contributed by atoms with van der Waals surface area (Å²) in [4.78, 5) is 34.0. The smallest absolute Gasteiger partial charge is 0.269 e. The molecule has 0 radical (unpaired) electrons. The van der Waals surface area contributed by atoms with E-state index in [-0.39, 0.29) is 23.2 Å². The molecule has 0 spiro atoms. The topological polar surface area (TPSA) is 132 Å². The number of hydrogen-bond donors (Lipinski definition) is 3. The molecule has 12 heteroatoms. The lowest BCUT2D eigenvalue weighted by atomic mass is 10.2. The summed E-state index contributed by atoms with van der Waals surface area (Å²) in [5, 5.41) is 12.8. The normalized spacial score (nSPS) is 9.86. The minimum Gasteiger partial charge on any atom is -0.496 e. The lowest BCUT2D eigenvalue weighted by Gasteiger charge is -2.12. The summed E-state index contributed by atoms with van der Waals surface area (Å²) in [7, 11) is 1.51. The van der Waals surface area contributed by atoms with Crippen molar-refractivity contribution in [2.75, 3.05) is 13.7 Å². The molecule has 0 saturated heterocycles. The second kappa shape index (κ2) is 10.3. The Morgan fingerprint density at radius 2 is 1.86 bits per heavy atom. The van der Waals surface area contributed by atoms with E-state index in [1.54, 1.807) is 18.2 Å². The highest BCUT2D eigenvalue weighted by Gasteiger charge is 2.11. The zero-order valence-corrected chi connectivity index (χ0v) is 17.3. The van der Waals surface area contributed by atoms with Crippen molar-refractivity contribution < 1.29 is 24.0 Å². The Labute approximate surface area is 178 Å². The lowest BCUT2D eigenvalue weighted by molar-refractivity contribution is -0.384. The van der Waals surface area contributed by atoms with Crippen LogP contribution in [0.2, 0.25) is 0 Å². The number of hydrogen-bond acceptors (Lipinski definition) is 7. The maximum Gasteiger partial charge on any atom is 0.269 e. The lowest BCUT2D eigenvalue weighted by Crippen LogP contribution is -2.49. The fourth-order valence-corrected chi connectivity index (χ4v) is 2.71. The van der Waals surface area contributed by atoms with Crippen LogP contribution in [-0.4, -0.2) is 35.6 Å². The Morgan fingerprint density at radius 3 is 2.45 bits per heavy atom. The average molecular weight is 483 g/mol. The SMILES string of the molecule is COc1ccc(C(=O)NNC(=S)NC(=O)COc2ccc([N+](=O)[O-])cc2)cc1Br. The van der Waals surface area contributed by atoms with Gasteiger partial charge in [-0.1, -0.05) is 0 Å². The van der Waals surface area contributed by atoms with Gasteiger partial charge in [0.15, 0.2) is 11.7 Å². The third-order valence-corrected chi connectivity index (χ3v) is 4.20. The molecule has 0 bridgehead atoms. The van der Waals surface area contributed by atoms with Crippen LogP contribution in [0.15, 0.2) is 46.9 Å². The number of benzene rings is 2. The van der Waals surface area contributed by atoms with Gasteiger partial charge >= 0.3 is 0 Å². The standard InChI is InChI=1S/C17H15BrN4O6S/c1-27-14-7-2-10(8-13(14)18)16(24)20-21-17(29)19-15(23)9-28-12-5-3-11(4-6-12)22(25)26/h2-8H,9H2,1H3,(H,20,24)(H2,19,21,23,29). The van der Waals surface area contributed by atoms with Crippen molar-refractivity contribution in [3.63, 3.8) is 0 Å². The number of thiocarbonyl (C=S) groups is 1. The fourth-order valence-electron chi connectivity index (χ4n) is 2.00. The van der Waals surface area contributed by atoms with Gasteiger partial charge in [0, 0.05) is 17.7 Å². The van der Waals surface area contributed by atoms with Gasteiger partial charge in [-0.15, -0.1) is 0 Å². The van der Waals surface area contributed by atoms with Crippen molar-refractivity contribution in [3.8, 4) is 11.5 Å². The van der Waals surface area contributed by atoms with Gasteiger partial charge in [-0.2, -0.15) is 0 Å². The van der Waals surface area contributed by atoms with Crippen LogP contribution < -0.4 is 25.6 Å². The average Bonchev–Trinajstić information content (AvgIpc) is 2.70. The number of nitrogens with zero attached hydrogens (tertiary/aromatic N) is 1. The van der Waals surface area contributed by atoms with Crippen LogP contribution in [0.1, 0.15) is 10.4 Å². The summed E-state index contributed by atoms with van der Waals surface area (Å²) < 4.78 is 10.9. The van der Waals surface area contributed by atoms with Crippen molar-refractivity contribution in [3.05, 3.63) is 62.6 Å². The van der Waals surface area contributed by atoms with Gasteiger partial charge in [-0.3, -0.25) is 35.9 Å². The van der Waals surface area contributed by atoms with Gasteiger partial charge in [-0.25, -0.2) is 0 Å². The van der Waals surface area contributed by atoms with E-state index in [0.717, 1.165) is 0 Å². The van der Waals surface area contributed by atoms with Crippen molar-refractivity contribution >= 4 is 50.8 Å². The molecule has 0 atom stereocenters. The first-order valence-corrected chi connectivity index (χ1v) is 9.11. The predicted molar refractivity (Wildman–Crippen MR) is 111 cm³/mol. The molecule has 0 fully saturated rings. The number of non-ortho nitro benzene ring substituents is 1. The van der Waals surface area contributed by atoms with Crippen molar-refractivity contribution in [1.82, 2.24) is 16.2 Å². The molecule has 10 nitrogen and oxygen atoms in total. The van der Waals surface area contributed by atoms with Crippen LogP contribution >= 0.6 is 28.1 Å². The van der Waals surface area contributed by atoms with Crippen LogP contribution in [0.5, 0.6) is 11.5 Å². The molecule has 0 saturated carbocycles. The summed E-state index contributed by atoms with van der Waals surface area (Å²) in [6.07, 6.45) is 0. The Balaban J connectivity index is 1.76. The van der Waals surface area contributed by atoms with E-state index in [1.165, 1.54) is 31.4 Å². The van der Waals surface area contributed by atoms with Crippen LogP contribution in [-0.2, 0) is 4.79 Å². The Hall–Kier alpha value is -3.25. The van der Waals surface area contributed by atoms with E-state index in [1.807, 2.05) is 0 Å². The molecule has 0 heterocycles. The van der Waals surface area contributed by atoms with Gasteiger partial charge in [0.2, 0.25) is 0 Å². The van der Waals surface area contributed by atoms with E-state index < -0.39 is 16.7 Å². The number of amides is 2. The van der Waals surface area contributed by atoms with Gasteiger partial charge in [-0.05, 0) is 58.5 Å². The van der Waals surface area contributed by atoms with E-state index >= 15 is 0 Å². The zero-order valence-electron chi connectivity index (χ0n) is 14.9. The number of carbonyl (C=O) groups is 2. The molecule has 2 rings (SSSR count). The number of nitro groups is 1. The summed E-state index contributed by atoms with van der Waals surface area (Å²) in [5.74, 6) is -0.206. The second-order valence-electron chi connectivity index (χ2n) is 5.35. The second-order valence-corrected chi connectivity index (χ2v) is 6.61. The highest BCUT2D eigenvalue weighted by molar-refractivity contribution is 9.10. The van der Waals surface area contributed by atoms with E-state index in [4.69, 9.17) is 21.7 Å². The molecule has 29 heavy (non-hydrogen) atoms. The molecule has 0 aromatic heterocycles. The number of carbonyl (C=O) groups excluding carboxylic acids is 2. The fraction of sp³-hybridized carbons (Fsp3) is 0.118. The molecule has 2 aromatic carbocycles. The van der Waals surface area contributed by atoms with Gasteiger partial charge in [0.25, 0.3) is 17.5 Å². The highest BCUT2D eigenvalue weighted by Crippen LogP contribution is 2.25. The van der Waals surface area contributed by atoms with Crippen LogP contribution in [0.4, 0.5) is 5.69 Å². The van der Waals surface area contributed by atoms with Crippen molar-refractivity contribution in [2.45, 2.75) is 0 Å². The monoisotopic (exact) mass is 482 g/mol. The number of hydrazine groups is 1. The number of ether oxygens (including phenoxy) is 2. The number of nitro benzene ring substituents is 1. The molecular weight excluding hydrogens is 468 g/mol. The Morgan fingerprint density at radius 1 is 1.17 bits per heavy atom. The Kier molecular flexibility index (Phi) is 7.86. The minimum atomic E-state index is -0.581. The molecule has 3 N–H and O–H groups in total. The van der Waals surface area contributed by atoms with Crippen molar-refractivity contribution in [2.24, 2.45) is 0 Å². The Bertz CT molecular complexity index is 938. The molecule has 0 unspecified atom stereocenters. The summed E-state index contributed by atoms with van der Waals surface area (Å²) in [6.45, 7) is -0.376. The first-order valence-electron chi connectivity index (χ1n) is 7.91. The molecule has 0 aliphatic carbocycles. The van der Waals surface area contributed by atoms with Crippen LogP contribution in [0.25, 0.3) is 0 Å². The maximum absolute atomic E-state index is 12.1. The summed E-state index contributed by atoms with van der Waals surface area (Å²) >= 11 is 8.20. The van der Waals surface area contributed by atoms with Gasteiger partial charge in [0.1, 0.15) is 11.5 Å². The zero-order chi connectivity index (χ0) is 21.4. The number of halogens is 1. The number of methoxy groups -OCH3 is 1. The van der Waals surface area contributed by atoms with Crippen molar-refractivity contribution in [1.29, 1.82) is 0 Å².